The molecule has 2 aliphatic rings. The topological polar surface area (TPSA) is 52.6 Å². The first-order valence-corrected chi connectivity index (χ1v) is 6.41. The van der Waals surface area contributed by atoms with Crippen molar-refractivity contribution in [2.75, 3.05) is 26.2 Å². The Balaban J connectivity index is 1.56. The fourth-order valence-corrected chi connectivity index (χ4v) is 2.29. The zero-order valence-corrected chi connectivity index (χ0v) is 9.82. The lowest BCUT2D eigenvalue weighted by atomic mass is 9.96. The van der Waals surface area contributed by atoms with E-state index in [9.17, 15) is 4.79 Å². The van der Waals surface area contributed by atoms with E-state index in [1.54, 1.807) is 0 Å². The Morgan fingerprint density at radius 2 is 1.94 bits per heavy atom. The molecular weight excluding hydrogens is 204 g/mol. The number of carboxylic acids is 1. The second-order valence-electron chi connectivity index (χ2n) is 5.11. The molecule has 0 unspecified atom stereocenters. The number of carbonyl (C=O) groups is 1. The summed E-state index contributed by atoms with van der Waals surface area (Å²) in [4.78, 5) is 12.7. The highest BCUT2D eigenvalue weighted by Crippen LogP contribution is 2.21. The van der Waals surface area contributed by atoms with Gasteiger partial charge in [-0.2, -0.15) is 0 Å². The summed E-state index contributed by atoms with van der Waals surface area (Å²) in [6.45, 7) is 4.03. The fraction of sp³-hybridized carbons (Fsp3) is 0.917. The van der Waals surface area contributed by atoms with Crippen LogP contribution in [0.4, 0.5) is 0 Å². The summed E-state index contributed by atoms with van der Waals surface area (Å²) < 4.78 is 0. The van der Waals surface area contributed by atoms with Crippen molar-refractivity contribution in [2.45, 2.75) is 38.1 Å². The number of nitrogens with zero attached hydrogens (tertiary/aromatic N) is 1. The van der Waals surface area contributed by atoms with Crippen molar-refractivity contribution in [3.8, 4) is 0 Å². The lowest BCUT2D eigenvalue weighted by molar-refractivity contribution is -0.137. The van der Waals surface area contributed by atoms with Crippen molar-refractivity contribution in [1.82, 2.24) is 10.2 Å². The zero-order chi connectivity index (χ0) is 11.4. The third kappa shape index (κ3) is 4.10. The first-order chi connectivity index (χ1) is 7.74. The number of nitrogens with one attached hydrogen (secondary N) is 1. The molecule has 2 fully saturated rings. The van der Waals surface area contributed by atoms with Crippen molar-refractivity contribution < 1.29 is 9.90 Å². The molecular formula is C12H22N2O2. The summed E-state index contributed by atoms with van der Waals surface area (Å²) in [5, 5.41) is 12.2. The maximum atomic E-state index is 10.5. The molecule has 4 nitrogen and oxygen atoms in total. The number of hydrogen-bond acceptors (Lipinski definition) is 3. The summed E-state index contributed by atoms with van der Waals surface area (Å²) in [5.74, 6) is 0.124. The van der Waals surface area contributed by atoms with Gasteiger partial charge in [-0.15, -0.1) is 0 Å². The predicted octanol–water partition coefficient (Wildman–Crippen LogP) is 0.925. The van der Waals surface area contributed by atoms with E-state index in [1.165, 1.54) is 25.7 Å². The molecule has 2 rings (SSSR count). The Morgan fingerprint density at radius 1 is 1.25 bits per heavy atom. The Bertz CT molecular complexity index is 233. The molecule has 0 aromatic carbocycles. The van der Waals surface area contributed by atoms with E-state index in [0.717, 1.165) is 38.1 Å². The number of carboxylic acid groups (broad SMARTS) is 1. The number of rotatable bonds is 6. The third-order valence-electron chi connectivity index (χ3n) is 3.62. The van der Waals surface area contributed by atoms with E-state index in [1.807, 2.05) is 0 Å². The number of likely N-dealkylation sites (tertiary alicyclic amines) is 1. The largest absolute Gasteiger partial charge is 0.481 e. The summed E-state index contributed by atoms with van der Waals surface area (Å²) in [7, 11) is 0. The Hall–Kier alpha value is -0.610. The van der Waals surface area contributed by atoms with Crippen molar-refractivity contribution in [1.29, 1.82) is 0 Å². The van der Waals surface area contributed by atoms with Gasteiger partial charge in [0, 0.05) is 12.6 Å². The van der Waals surface area contributed by atoms with Crippen LogP contribution in [-0.4, -0.2) is 48.2 Å². The Labute approximate surface area is 97.0 Å². The first kappa shape index (κ1) is 11.9. The first-order valence-electron chi connectivity index (χ1n) is 6.41. The number of hydrogen-bond donors (Lipinski definition) is 2. The van der Waals surface area contributed by atoms with Crippen LogP contribution in [0.5, 0.6) is 0 Å². The van der Waals surface area contributed by atoms with Gasteiger partial charge in [-0.1, -0.05) is 0 Å². The van der Waals surface area contributed by atoms with Gasteiger partial charge in [-0.3, -0.25) is 4.79 Å². The van der Waals surface area contributed by atoms with Gasteiger partial charge in [-0.05, 0) is 51.2 Å². The average molecular weight is 226 g/mol. The normalized spacial score (nSPS) is 23.5. The van der Waals surface area contributed by atoms with Crippen LogP contribution in [0.2, 0.25) is 0 Å². The molecule has 0 atom stereocenters. The highest BCUT2D eigenvalue weighted by Gasteiger charge is 2.24. The van der Waals surface area contributed by atoms with Gasteiger partial charge in [0.2, 0.25) is 0 Å². The molecule has 1 saturated carbocycles. The van der Waals surface area contributed by atoms with E-state index < -0.39 is 5.97 Å². The van der Waals surface area contributed by atoms with Crippen LogP contribution >= 0.6 is 0 Å². The minimum absolute atomic E-state index is 0.283. The van der Waals surface area contributed by atoms with Crippen LogP contribution in [0.25, 0.3) is 0 Å². The molecule has 1 aliphatic carbocycles. The monoisotopic (exact) mass is 226 g/mol. The molecule has 0 aromatic rings. The summed E-state index contributed by atoms with van der Waals surface area (Å²) in [6, 6.07) is 0.810. The van der Waals surface area contributed by atoms with Crippen LogP contribution in [-0.2, 0) is 4.79 Å². The molecule has 0 aromatic heterocycles. The molecule has 0 amide bonds. The van der Waals surface area contributed by atoms with Crippen LogP contribution < -0.4 is 5.32 Å². The zero-order valence-electron chi connectivity index (χ0n) is 9.82. The smallest absolute Gasteiger partial charge is 0.304 e. The van der Waals surface area contributed by atoms with Crippen molar-refractivity contribution >= 4 is 5.97 Å². The van der Waals surface area contributed by atoms with E-state index in [-0.39, 0.29) is 6.42 Å². The van der Waals surface area contributed by atoms with Gasteiger partial charge in [-0.25, -0.2) is 0 Å². The molecule has 92 valence electrons. The van der Waals surface area contributed by atoms with Crippen LogP contribution in [0.1, 0.15) is 32.1 Å². The maximum absolute atomic E-state index is 10.5. The van der Waals surface area contributed by atoms with Crippen molar-refractivity contribution in [3.63, 3.8) is 0 Å². The second kappa shape index (κ2) is 5.64. The molecule has 1 saturated heterocycles. The number of piperidine rings is 1. The minimum atomic E-state index is -0.683. The van der Waals surface area contributed by atoms with Crippen LogP contribution in [0.15, 0.2) is 0 Å². The molecule has 0 bridgehead atoms. The van der Waals surface area contributed by atoms with Crippen LogP contribution in [0.3, 0.4) is 0 Å². The molecule has 0 radical (unpaired) electrons. The van der Waals surface area contributed by atoms with E-state index in [2.05, 4.69) is 10.2 Å². The third-order valence-corrected chi connectivity index (χ3v) is 3.62. The van der Waals surface area contributed by atoms with Gasteiger partial charge in [0.1, 0.15) is 0 Å². The fourth-order valence-electron chi connectivity index (χ4n) is 2.29. The molecule has 2 N–H and O–H groups in total. The van der Waals surface area contributed by atoms with Gasteiger partial charge >= 0.3 is 5.97 Å². The molecule has 1 heterocycles. The lowest BCUT2D eigenvalue weighted by Crippen LogP contribution is -2.38. The minimum Gasteiger partial charge on any atom is -0.481 e. The van der Waals surface area contributed by atoms with Gasteiger partial charge < -0.3 is 15.3 Å². The van der Waals surface area contributed by atoms with Crippen LogP contribution in [0, 0.1) is 5.92 Å². The van der Waals surface area contributed by atoms with E-state index in [0.29, 0.717) is 0 Å². The maximum Gasteiger partial charge on any atom is 0.304 e. The molecule has 4 heteroatoms. The van der Waals surface area contributed by atoms with Gasteiger partial charge in [0.15, 0.2) is 0 Å². The van der Waals surface area contributed by atoms with E-state index >= 15 is 0 Å². The van der Waals surface area contributed by atoms with Gasteiger partial charge in [0.25, 0.3) is 0 Å². The highest BCUT2D eigenvalue weighted by molar-refractivity contribution is 5.66. The lowest BCUT2D eigenvalue weighted by Gasteiger charge is -2.31. The molecule has 1 aliphatic heterocycles. The van der Waals surface area contributed by atoms with E-state index in [4.69, 9.17) is 5.11 Å². The standard InChI is InChI=1S/C12H22N2O2/c15-12(16)5-8-14-6-3-10(4-7-14)9-13-11-1-2-11/h10-11,13H,1-9H2,(H,15,16). The van der Waals surface area contributed by atoms with Crippen molar-refractivity contribution in [3.05, 3.63) is 0 Å². The quantitative estimate of drug-likeness (QED) is 0.707. The Kier molecular flexibility index (Phi) is 4.18. The second-order valence-corrected chi connectivity index (χ2v) is 5.11. The highest BCUT2D eigenvalue weighted by atomic mass is 16.4. The van der Waals surface area contributed by atoms with Crippen molar-refractivity contribution in [2.24, 2.45) is 5.92 Å². The Morgan fingerprint density at radius 3 is 2.50 bits per heavy atom. The summed E-state index contributed by atoms with van der Waals surface area (Å²) in [5.41, 5.74) is 0. The average Bonchev–Trinajstić information content (AvgIpc) is 3.09. The molecule has 0 spiro atoms. The molecule has 16 heavy (non-hydrogen) atoms. The SMILES string of the molecule is O=C(O)CCN1CCC(CNC2CC2)CC1. The predicted molar refractivity (Wildman–Crippen MR) is 62.4 cm³/mol. The summed E-state index contributed by atoms with van der Waals surface area (Å²) in [6.07, 6.45) is 5.44. The summed E-state index contributed by atoms with van der Waals surface area (Å²) >= 11 is 0. The van der Waals surface area contributed by atoms with Gasteiger partial charge in [0.05, 0.1) is 6.42 Å². The number of aliphatic carboxylic acids is 1.